The zero-order valence-electron chi connectivity index (χ0n) is 12.3. The molecule has 1 aliphatic heterocycles. The Bertz CT molecular complexity index is 401. The second-order valence-electron chi connectivity index (χ2n) is 5.55. The number of carbonyl (C=O) groups is 1. The minimum absolute atomic E-state index is 0.205. The maximum atomic E-state index is 12.4. The summed E-state index contributed by atoms with van der Waals surface area (Å²) in [5.74, 6) is 0.805. The van der Waals surface area contributed by atoms with E-state index in [2.05, 4.69) is 17.2 Å². The fraction of sp³-hybridized carbons (Fsp3) is 0.625. The highest BCUT2D eigenvalue weighted by atomic mass is 16.2. The molecule has 110 valence electrons. The van der Waals surface area contributed by atoms with E-state index in [1.54, 1.807) is 6.20 Å². The molecule has 1 fully saturated rings. The molecule has 1 saturated heterocycles. The Kier molecular flexibility index (Phi) is 5.99. The van der Waals surface area contributed by atoms with Crippen LogP contribution in [0.4, 0.5) is 0 Å². The average Bonchev–Trinajstić information content (AvgIpc) is 2.49. The van der Waals surface area contributed by atoms with Crippen molar-refractivity contribution < 1.29 is 4.79 Å². The normalized spacial score (nSPS) is 18.8. The van der Waals surface area contributed by atoms with Crippen LogP contribution in [0.1, 0.15) is 31.9 Å². The van der Waals surface area contributed by atoms with Crippen molar-refractivity contribution >= 4 is 5.91 Å². The molecule has 4 nitrogen and oxygen atoms in total. The van der Waals surface area contributed by atoms with Gasteiger partial charge in [0.2, 0.25) is 5.91 Å². The van der Waals surface area contributed by atoms with Crippen LogP contribution in [-0.2, 0) is 11.2 Å². The van der Waals surface area contributed by atoms with Crippen LogP contribution in [0.2, 0.25) is 0 Å². The number of nitrogens with one attached hydrogen (secondary N) is 1. The van der Waals surface area contributed by atoms with Crippen LogP contribution in [0.15, 0.2) is 24.4 Å². The van der Waals surface area contributed by atoms with Crippen LogP contribution in [0.3, 0.4) is 0 Å². The minimum Gasteiger partial charge on any atom is -0.342 e. The predicted octanol–water partition coefficient (Wildman–Crippen LogP) is 1.86. The third kappa shape index (κ3) is 4.60. The Hall–Kier alpha value is -1.42. The molecular weight excluding hydrogens is 250 g/mol. The van der Waals surface area contributed by atoms with Gasteiger partial charge in [-0.1, -0.05) is 13.0 Å². The van der Waals surface area contributed by atoms with Crippen LogP contribution < -0.4 is 5.32 Å². The van der Waals surface area contributed by atoms with Crippen molar-refractivity contribution in [2.75, 3.05) is 26.2 Å². The Morgan fingerprint density at radius 1 is 1.50 bits per heavy atom. The van der Waals surface area contributed by atoms with Gasteiger partial charge < -0.3 is 10.2 Å². The highest BCUT2D eigenvalue weighted by molar-refractivity contribution is 5.78. The molecule has 0 aliphatic carbocycles. The summed E-state index contributed by atoms with van der Waals surface area (Å²) in [4.78, 5) is 18.7. The van der Waals surface area contributed by atoms with E-state index >= 15 is 0 Å². The van der Waals surface area contributed by atoms with E-state index in [-0.39, 0.29) is 5.91 Å². The SMILES string of the molecule is CCCN(CC1CCCNC1)C(=O)Cc1ccccn1. The number of carbonyl (C=O) groups excluding carboxylic acids is 1. The second kappa shape index (κ2) is 8.00. The Morgan fingerprint density at radius 3 is 3.05 bits per heavy atom. The lowest BCUT2D eigenvalue weighted by Crippen LogP contribution is -2.42. The number of rotatable bonds is 6. The molecular formula is C16H25N3O. The summed E-state index contributed by atoms with van der Waals surface area (Å²) < 4.78 is 0. The number of amides is 1. The number of hydrogen-bond donors (Lipinski definition) is 1. The average molecular weight is 275 g/mol. The Morgan fingerprint density at radius 2 is 2.40 bits per heavy atom. The second-order valence-corrected chi connectivity index (χ2v) is 5.55. The summed E-state index contributed by atoms with van der Waals surface area (Å²) >= 11 is 0. The summed E-state index contributed by atoms with van der Waals surface area (Å²) in [6.07, 6.45) is 5.62. The molecule has 1 unspecified atom stereocenters. The number of aromatic nitrogens is 1. The Labute approximate surface area is 121 Å². The van der Waals surface area contributed by atoms with Gasteiger partial charge in [0.05, 0.1) is 6.42 Å². The molecule has 1 aromatic heterocycles. The lowest BCUT2D eigenvalue weighted by Gasteiger charge is -2.30. The number of piperidine rings is 1. The molecule has 1 atom stereocenters. The van der Waals surface area contributed by atoms with Crippen LogP contribution >= 0.6 is 0 Å². The quantitative estimate of drug-likeness (QED) is 0.862. The third-order valence-corrected chi connectivity index (χ3v) is 3.78. The predicted molar refractivity (Wildman–Crippen MR) is 80.4 cm³/mol. The molecule has 0 spiro atoms. The summed E-state index contributed by atoms with van der Waals surface area (Å²) in [5.41, 5.74) is 0.861. The summed E-state index contributed by atoms with van der Waals surface area (Å²) in [7, 11) is 0. The van der Waals surface area contributed by atoms with E-state index in [0.29, 0.717) is 12.3 Å². The fourth-order valence-electron chi connectivity index (χ4n) is 2.75. The van der Waals surface area contributed by atoms with Gasteiger partial charge in [0.25, 0.3) is 0 Å². The first-order valence-electron chi connectivity index (χ1n) is 7.68. The molecule has 4 heteroatoms. The standard InChI is InChI=1S/C16H25N3O/c1-2-10-19(13-14-6-5-8-17-12-14)16(20)11-15-7-3-4-9-18-15/h3-4,7,9,14,17H,2,5-6,8,10-13H2,1H3. The van der Waals surface area contributed by atoms with Crippen molar-refractivity contribution in [3.63, 3.8) is 0 Å². The number of nitrogens with zero attached hydrogens (tertiary/aromatic N) is 2. The first-order valence-corrected chi connectivity index (χ1v) is 7.68. The fourth-order valence-corrected chi connectivity index (χ4v) is 2.75. The zero-order valence-corrected chi connectivity index (χ0v) is 12.3. The van der Waals surface area contributed by atoms with Gasteiger partial charge in [-0.15, -0.1) is 0 Å². The van der Waals surface area contributed by atoms with Crippen molar-refractivity contribution in [2.24, 2.45) is 5.92 Å². The molecule has 1 N–H and O–H groups in total. The van der Waals surface area contributed by atoms with E-state index in [4.69, 9.17) is 0 Å². The smallest absolute Gasteiger partial charge is 0.228 e. The van der Waals surface area contributed by atoms with E-state index in [0.717, 1.165) is 38.3 Å². The summed E-state index contributed by atoms with van der Waals surface area (Å²) in [6, 6.07) is 5.74. The van der Waals surface area contributed by atoms with Crippen molar-refractivity contribution in [1.82, 2.24) is 15.2 Å². The van der Waals surface area contributed by atoms with Gasteiger partial charge in [0.15, 0.2) is 0 Å². The van der Waals surface area contributed by atoms with Gasteiger partial charge in [-0.05, 0) is 50.4 Å². The van der Waals surface area contributed by atoms with Crippen LogP contribution in [-0.4, -0.2) is 42.0 Å². The van der Waals surface area contributed by atoms with E-state index in [1.165, 1.54) is 12.8 Å². The van der Waals surface area contributed by atoms with Crippen LogP contribution in [0.5, 0.6) is 0 Å². The first-order chi connectivity index (χ1) is 9.79. The van der Waals surface area contributed by atoms with Gasteiger partial charge in [-0.2, -0.15) is 0 Å². The topological polar surface area (TPSA) is 45.2 Å². The monoisotopic (exact) mass is 275 g/mol. The van der Waals surface area contributed by atoms with Gasteiger partial charge in [-0.3, -0.25) is 9.78 Å². The van der Waals surface area contributed by atoms with E-state index in [1.807, 2.05) is 23.1 Å². The molecule has 1 aliphatic rings. The van der Waals surface area contributed by atoms with Crippen molar-refractivity contribution in [1.29, 1.82) is 0 Å². The lowest BCUT2D eigenvalue weighted by molar-refractivity contribution is -0.131. The van der Waals surface area contributed by atoms with Gasteiger partial charge in [0.1, 0.15) is 0 Å². The van der Waals surface area contributed by atoms with Gasteiger partial charge in [-0.25, -0.2) is 0 Å². The largest absolute Gasteiger partial charge is 0.342 e. The highest BCUT2D eigenvalue weighted by Gasteiger charge is 2.20. The lowest BCUT2D eigenvalue weighted by atomic mass is 9.99. The molecule has 20 heavy (non-hydrogen) atoms. The van der Waals surface area contributed by atoms with Crippen LogP contribution in [0, 0.1) is 5.92 Å². The highest BCUT2D eigenvalue weighted by Crippen LogP contribution is 2.13. The summed E-state index contributed by atoms with van der Waals surface area (Å²) in [5, 5.41) is 3.42. The molecule has 2 heterocycles. The molecule has 1 amide bonds. The van der Waals surface area contributed by atoms with E-state index in [9.17, 15) is 4.79 Å². The van der Waals surface area contributed by atoms with Crippen molar-refractivity contribution in [3.8, 4) is 0 Å². The first kappa shape index (κ1) is 15.0. The van der Waals surface area contributed by atoms with Gasteiger partial charge >= 0.3 is 0 Å². The van der Waals surface area contributed by atoms with Gasteiger partial charge in [0, 0.05) is 25.0 Å². The van der Waals surface area contributed by atoms with E-state index < -0.39 is 0 Å². The molecule has 0 aromatic carbocycles. The number of hydrogen-bond acceptors (Lipinski definition) is 3. The maximum absolute atomic E-state index is 12.4. The third-order valence-electron chi connectivity index (χ3n) is 3.78. The van der Waals surface area contributed by atoms with Crippen LogP contribution in [0.25, 0.3) is 0 Å². The molecule has 1 aromatic rings. The Balaban J connectivity index is 1.90. The van der Waals surface area contributed by atoms with Crippen molar-refractivity contribution in [2.45, 2.75) is 32.6 Å². The molecule has 0 bridgehead atoms. The van der Waals surface area contributed by atoms with Crippen molar-refractivity contribution in [3.05, 3.63) is 30.1 Å². The summed E-state index contributed by atoms with van der Waals surface area (Å²) in [6.45, 7) is 6.01. The maximum Gasteiger partial charge on any atom is 0.228 e. The molecule has 2 rings (SSSR count). The molecule has 0 saturated carbocycles. The number of pyridine rings is 1. The molecule has 0 radical (unpaired) electrons. The minimum atomic E-state index is 0.205. The zero-order chi connectivity index (χ0) is 14.2.